The first-order valence-corrected chi connectivity index (χ1v) is 6.44. The zero-order valence-electron chi connectivity index (χ0n) is 10.8. The van der Waals surface area contributed by atoms with Gasteiger partial charge in [0.1, 0.15) is 11.4 Å². The van der Waals surface area contributed by atoms with Crippen LogP contribution in [0, 0.1) is 17.1 Å². The molecule has 0 saturated heterocycles. The number of benzene rings is 1. The van der Waals surface area contributed by atoms with Gasteiger partial charge in [0, 0.05) is 11.1 Å². The molecule has 1 aromatic carbocycles. The second-order valence-corrected chi connectivity index (χ2v) is 5.64. The SMILES string of the molecule is CC(C)(C#N)N(C(=O)c1cc(Cl)ccc1F)C1CC1. The molecule has 0 atom stereocenters. The van der Waals surface area contributed by atoms with E-state index in [-0.39, 0.29) is 11.6 Å². The Hall–Kier alpha value is -1.60. The Morgan fingerprint density at radius 1 is 1.53 bits per heavy atom. The monoisotopic (exact) mass is 280 g/mol. The molecule has 19 heavy (non-hydrogen) atoms. The summed E-state index contributed by atoms with van der Waals surface area (Å²) in [6, 6.07) is 5.98. The lowest BCUT2D eigenvalue weighted by Gasteiger charge is -2.33. The summed E-state index contributed by atoms with van der Waals surface area (Å²) in [5.74, 6) is -1.09. The molecule has 1 aliphatic carbocycles. The van der Waals surface area contributed by atoms with E-state index in [4.69, 9.17) is 11.6 Å². The fourth-order valence-electron chi connectivity index (χ4n) is 2.05. The minimum atomic E-state index is -0.965. The summed E-state index contributed by atoms with van der Waals surface area (Å²) < 4.78 is 13.8. The summed E-state index contributed by atoms with van der Waals surface area (Å²) in [5, 5.41) is 9.50. The van der Waals surface area contributed by atoms with E-state index >= 15 is 0 Å². The van der Waals surface area contributed by atoms with E-state index in [0.29, 0.717) is 5.02 Å². The van der Waals surface area contributed by atoms with Crippen molar-refractivity contribution in [3.05, 3.63) is 34.6 Å². The molecular weight excluding hydrogens is 267 g/mol. The van der Waals surface area contributed by atoms with E-state index < -0.39 is 17.3 Å². The number of carbonyl (C=O) groups excluding carboxylic acids is 1. The van der Waals surface area contributed by atoms with Gasteiger partial charge in [0.2, 0.25) is 0 Å². The predicted octanol–water partition coefficient (Wildman–Crippen LogP) is 3.39. The van der Waals surface area contributed by atoms with Crippen molar-refractivity contribution in [1.82, 2.24) is 4.90 Å². The van der Waals surface area contributed by atoms with Crippen LogP contribution in [-0.4, -0.2) is 22.4 Å². The van der Waals surface area contributed by atoms with Crippen molar-refractivity contribution in [2.75, 3.05) is 0 Å². The Kier molecular flexibility index (Phi) is 3.51. The number of hydrogen-bond acceptors (Lipinski definition) is 2. The fourth-order valence-corrected chi connectivity index (χ4v) is 2.23. The van der Waals surface area contributed by atoms with Gasteiger partial charge in [0.05, 0.1) is 11.6 Å². The minimum absolute atomic E-state index is 0.0144. The normalized spacial score (nSPS) is 14.9. The van der Waals surface area contributed by atoms with Gasteiger partial charge in [-0.05, 0) is 44.9 Å². The summed E-state index contributed by atoms with van der Waals surface area (Å²) in [5.41, 5.74) is -1.05. The van der Waals surface area contributed by atoms with Gasteiger partial charge in [0.15, 0.2) is 0 Å². The molecule has 1 saturated carbocycles. The molecular formula is C14H14ClFN2O. The van der Waals surface area contributed by atoms with Crippen molar-refractivity contribution < 1.29 is 9.18 Å². The molecule has 5 heteroatoms. The highest BCUT2D eigenvalue weighted by Crippen LogP contribution is 2.34. The third-order valence-electron chi connectivity index (χ3n) is 3.17. The van der Waals surface area contributed by atoms with E-state index in [1.807, 2.05) is 0 Å². The van der Waals surface area contributed by atoms with E-state index in [9.17, 15) is 14.4 Å². The second kappa shape index (κ2) is 4.82. The Morgan fingerprint density at radius 2 is 2.16 bits per heavy atom. The van der Waals surface area contributed by atoms with Crippen molar-refractivity contribution in [3.63, 3.8) is 0 Å². The van der Waals surface area contributed by atoms with Crippen LogP contribution in [0.2, 0.25) is 5.02 Å². The third-order valence-corrected chi connectivity index (χ3v) is 3.40. The molecule has 0 heterocycles. The maximum atomic E-state index is 13.8. The Morgan fingerprint density at radius 3 is 2.68 bits per heavy atom. The van der Waals surface area contributed by atoms with Gasteiger partial charge in [-0.1, -0.05) is 11.6 Å². The van der Waals surface area contributed by atoms with Gasteiger partial charge in [-0.2, -0.15) is 5.26 Å². The van der Waals surface area contributed by atoms with Gasteiger partial charge in [-0.15, -0.1) is 0 Å². The molecule has 1 aromatic rings. The van der Waals surface area contributed by atoms with E-state index in [0.717, 1.165) is 12.8 Å². The Labute approximate surface area is 116 Å². The second-order valence-electron chi connectivity index (χ2n) is 5.20. The van der Waals surface area contributed by atoms with E-state index in [1.165, 1.54) is 23.1 Å². The smallest absolute Gasteiger partial charge is 0.258 e. The number of halogens is 2. The molecule has 3 nitrogen and oxygen atoms in total. The number of carbonyl (C=O) groups is 1. The molecule has 2 rings (SSSR count). The summed E-state index contributed by atoms with van der Waals surface area (Å²) in [6.07, 6.45) is 1.69. The van der Waals surface area contributed by atoms with E-state index in [2.05, 4.69) is 6.07 Å². The van der Waals surface area contributed by atoms with Gasteiger partial charge in [-0.3, -0.25) is 4.79 Å². The van der Waals surface area contributed by atoms with Crippen LogP contribution in [0.25, 0.3) is 0 Å². The van der Waals surface area contributed by atoms with Gasteiger partial charge in [-0.25, -0.2) is 4.39 Å². The van der Waals surface area contributed by atoms with Gasteiger partial charge < -0.3 is 4.90 Å². The molecule has 0 unspecified atom stereocenters. The zero-order valence-corrected chi connectivity index (χ0v) is 11.5. The first-order valence-electron chi connectivity index (χ1n) is 6.07. The van der Waals surface area contributed by atoms with Crippen molar-refractivity contribution in [2.45, 2.75) is 38.3 Å². The van der Waals surface area contributed by atoms with Crippen LogP contribution >= 0.6 is 11.6 Å². The largest absolute Gasteiger partial charge is 0.317 e. The molecule has 0 aromatic heterocycles. The first-order chi connectivity index (χ1) is 8.86. The van der Waals surface area contributed by atoms with Crippen molar-refractivity contribution in [2.24, 2.45) is 0 Å². The molecule has 0 aliphatic heterocycles. The van der Waals surface area contributed by atoms with Crippen LogP contribution in [0.5, 0.6) is 0 Å². The third kappa shape index (κ3) is 2.71. The van der Waals surface area contributed by atoms with Gasteiger partial charge >= 0.3 is 0 Å². The quantitative estimate of drug-likeness (QED) is 0.852. The topological polar surface area (TPSA) is 44.1 Å². The summed E-state index contributed by atoms with van der Waals surface area (Å²) in [6.45, 7) is 3.32. The molecule has 100 valence electrons. The molecule has 0 spiro atoms. The summed E-state index contributed by atoms with van der Waals surface area (Å²) >= 11 is 5.81. The number of amides is 1. The fraction of sp³-hybridized carbons (Fsp3) is 0.429. The van der Waals surface area contributed by atoms with Crippen molar-refractivity contribution in [1.29, 1.82) is 5.26 Å². The number of nitrogens with zero attached hydrogens (tertiary/aromatic N) is 2. The minimum Gasteiger partial charge on any atom is -0.317 e. The maximum absolute atomic E-state index is 13.8. The van der Waals surface area contributed by atoms with Crippen molar-refractivity contribution >= 4 is 17.5 Å². The highest BCUT2D eigenvalue weighted by molar-refractivity contribution is 6.31. The average Bonchev–Trinajstić information content (AvgIpc) is 3.16. The van der Waals surface area contributed by atoms with Crippen LogP contribution < -0.4 is 0 Å². The summed E-state index contributed by atoms with van der Waals surface area (Å²) in [7, 11) is 0. The lowest BCUT2D eigenvalue weighted by atomic mass is 10.0. The van der Waals surface area contributed by atoms with Crippen LogP contribution in [0.15, 0.2) is 18.2 Å². The Bertz CT molecular complexity index is 561. The number of hydrogen-bond donors (Lipinski definition) is 0. The number of rotatable bonds is 3. The Balaban J connectivity index is 2.41. The number of nitriles is 1. The first kappa shape index (κ1) is 13.8. The molecule has 1 fully saturated rings. The molecule has 1 amide bonds. The van der Waals surface area contributed by atoms with Crippen LogP contribution in [0.1, 0.15) is 37.0 Å². The molecule has 1 aliphatic rings. The van der Waals surface area contributed by atoms with Gasteiger partial charge in [0.25, 0.3) is 5.91 Å². The average molecular weight is 281 g/mol. The maximum Gasteiger partial charge on any atom is 0.258 e. The zero-order chi connectivity index (χ0) is 14.2. The van der Waals surface area contributed by atoms with Crippen LogP contribution in [0.3, 0.4) is 0 Å². The lowest BCUT2D eigenvalue weighted by molar-refractivity contribution is 0.0610. The molecule has 0 N–H and O–H groups in total. The van der Waals surface area contributed by atoms with E-state index in [1.54, 1.807) is 13.8 Å². The standard InChI is InChI=1S/C14H14ClFN2O/c1-14(2,8-17)18(10-4-5-10)13(19)11-7-9(15)3-6-12(11)16/h3,6-7,10H,4-5H2,1-2H3. The highest BCUT2D eigenvalue weighted by Gasteiger charge is 2.42. The molecule has 0 radical (unpaired) electrons. The summed E-state index contributed by atoms with van der Waals surface area (Å²) in [4.78, 5) is 13.9. The van der Waals surface area contributed by atoms with Crippen LogP contribution in [-0.2, 0) is 0 Å². The molecule has 0 bridgehead atoms. The van der Waals surface area contributed by atoms with Crippen molar-refractivity contribution in [3.8, 4) is 6.07 Å². The van der Waals surface area contributed by atoms with Crippen LogP contribution in [0.4, 0.5) is 4.39 Å². The predicted molar refractivity (Wildman–Crippen MR) is 70.3 cm³/mol. The lowest BCUT2D eigenvalue weighted by Crippen LogP contribution is -2.48. The highest BCUT2D eigenvalue weighted by atomic mass is 35.5.